The Labute approximate surface area is 179 Å². The van der Waals surface area contributed by atoms with Crippen LogP contribution in [0.5, 0.6) is 0 Å². The van der Waals surface area contributed by atoms with Crippen LogP contribution in [0.15, 0.2) is 41.4 Å². The molecule has 8 heteroatoms. The summed E-state index contributed by atoms with van der Waals surface area (Å²) in [7, 11) is -3.06. The van der Waals surface area contributed by atoms with Crippen LogP contribution < -0.4 is 4.90 Å². The highest BCUT2D eigenvalue weighted by atomic mass is 35.5. The number of benzene rings is 2. The molecule has 0 saturated carbocycles. The summed E-state index contributed by atoms with van der Waals surface area (Å²) in [6.45, 7) is 4.13. The van der Waals surface area contributed by atoms with Gasteiger partial charge in [0.15, 0.2) is 15.0 Å². The van der Waals surface area contributed by atoms with Crippen molar-refractivity contribution < 1.29 is 8.42 Å². The lowest BCUT2D eigenvalue weighted by atomic mass is 10.1. The Bertz CT molecular complexity index is 1070. The van der Waals surface area contributed by atoms with Crippen molar-refractivity contribution >= 4 is 55.7 Å². The van der Waals surface area contributed by atoms with Gasteiger partial charge >= 0.3 is 0 Å². The molecule has 2 aromatic rings. The molecule has 0 unspecified atom stereocenters. The Hall–Kier alpha value is -1.21. The molecule has 0 radical (unpaired) electrons. The van der Waals surface area contributed by atoms with Crippen LogP contribution >= 0.6 is 35.0 Å². The fourth-order valence-electron chi connectivity index (χ4n) is 3.59. The van der Waals surface area contributed by atoms with E-state index in [1.807, 2.05) is 18.2 Å². The van der Waals surface area contributed by atoms with Crippen LogP contribution in [0.3, 0.4) is 0 Å². The smallest absolute Gasteiger partial charge is 0.164 e. The highest BCUT2D eigenvalue weighted by molar-refractivity contribution is 8.13. The average molecular weight is 455 g/mol. The summed E-state index contributed by atoms with van der Waals surface area (Å²) >= 11 is 13.9. The minimum atomic E-state index is -3.06. The van der Waals surface area contributed by atoms with Crippen molar-refractivity contribution in [2.45, 2.75) is 31.7 Å². The maximum Gasteiger partial charge on any atom is 0.164 e. The number of amidine groups is 1. The van der Waals surface area contributed by atoms with Gasteiger partial charge < -0.3 is 4.90 Å². The SMILES string of the molecule is Cc1ccc(N2C(SCc3ccc(Cl)cc3Cl)=N[C@H]3CS(=O)(=O)C[C@H]32)cc1C. The molecule has 4 rings (SSSR count). The summed E-state index contributed by atoms with van der Waals surface area (Å²) < 4.78 is 24.3. The van der Waals surface area contributed by atoms with E-state index in [-0.39, 0.29) is 23.6 Å². The number of hydrogen-bond donors (Lipinski definition) is 0. The molecule has 4 nitrogen and oxygen atoms in total. The van der Waals surface area contributed by atoms with E-state index in [2.05, 4.69) is 30.9 Å². The van der Waals surface area contributed by atoms with Crippen molar-refractivity contribution in [3.63, 3.8) is 0 Å². The predicted octanol–water partition coefficient (Wildman–Crippen LogP) is 4.89. The molecule has 0 aliphatic carbocycles. The number of halogens is 2. The van der Waals surface area contributed by atoms with E-state index in [4.69, 9.17) is 28.2 Å². The lowest BCUT2D eigenvalue weighted by molar-refractivity contribution is 0.601. The second-order valence-electron chi connectivity index (χ2n) is 7.29. The molecule has 0 spiro atoms. The first-order chi connectivity index (χ1) is 13.2. The third kappa shape index (κ3) is 3.92. The molecule has 2 aromatic carbocycles. The van der Waals surface area contributed by atoms with Gasteiger partial charge in [0.1, 0.15) is 0 Å². The van der Waals surface area contributed by atoms with Gasteiger partial charge in [-0.2, -0.15) is 0 Å². The highest BCUT2D eigenvalue weighted by Gasteiger charge is 2.47. The number of rotatable bonds is 3. The van der Waals surface area contributed by atoms with Gasteiger partial charge in [-0.25, -0.2) is 8.42 Å². The third-order valence-corrected chi connectivity index (χ3v) is 8.55. The van der Waals surface area contributed by atoms with Crippen LogP contribution in [0.1, 0.15) is 16.7 Å². The Kier molecular flexibility index (Phi) is 5.42. The van der Waals surface area contributed by atoms with Gasteiger partial charge in [0, 0.05) is 21.5 Å². The van der Waals surface area contributed by atoms with Crippen LogP contribution in [0, 0.1) is 13.8 Å². The van der Waals surface area contributed by atoms with Crippen LogP contribution in [0.4, 0.5) is 5.69 Å². The van der Waals surface area contributed by atoms with Gasteiger partial charge in [-0.15, -0.1) is 0 Å². The monoisotopic (exact) mass is 454 g/mol. The molecule has 148 valence electrons. The number of aliphatic imine (C=N–C) groups is 1. The molecule has 0 aromatic heterocycles. The van der Waals surface area contributed by atoms with Crippen molar-refractivity contribution in [3.8, 4) is 0 Å². The fraction of sp³-hybridized carbons (Fsp3) is 0.350. The van der Waals surface area contributed by atoms with Crippen molar-refractivity contribution in [1.29, 1.82) is 0 Å². The lowest BCUT2D eigenvalue weighted by Gasteiger charge is -2.27. The van der Waals surface area contributed by atoms with E-state index in [0.717, 1.165) is 16.4 Å². The minimum absolute atomic E-state index is 0.116. The zero-order chi connectivity index (χ0) is 20.1. The van der Waals surface area contributed by atoms with Crippen LogP contribution in [-0.4, -0.2) is 37.2 Å². The number of sulfone groups is 1. The zero-order valence-electron chi connectivity index (χ0n) is 15.5. The lowest BCUT2D eigenvalue weighted by Crippen LogP contribution is -2.39. The number of fused-ring (bicyclic) bond motifs is 1. The number of aryl methyl sites for hydroxylation is 2. The zero-order valence-corrected chi connectivity index (χ0v) is 18.7. The average Bonchev–Trinajstić information content (AvgIpc) is 3.08. The quantitative estimate of drug-likeness (QED) is 0.662. The summed E-state index contributed by atoms with van der Waals surface area (Å²) in [4.78, 5) is 6.87. The van der Waals surface area contributed by atoms with Crippen molar-refractivity contribution in [3.05, 3.63) is 63.1 Å². The molecule has 28 heavy (non-hydrogen) atoms. The fourth-order valence-corrected chi connectivity index (χ4v) is 7.12. The molecule has 0 bridgehead atoms. The van der Waals surface area contributed by atoms with Gasteiger partial charge in [0.2, 0.25) is 0 Å². The van der Waals surface area contributed by atoms with Crippen molar-refractivity contribution in [1.82, 2.24) is 0 Å². The molecular formula is C20H20Cl2N2O2S2. The molecule has 2 aliphatic heterocycles. The molecule has 0 amide bonds. The number of anilines is 1. The Morgan fingerprint density at radius 1 is 1.11 bits per heavy atom. The minimum Gasteiger partial charge on any atom is -0.315 e. The molecule has 2 aliphatic rings. The second-order valence-corrected chi connectivity index (χ2v) is 11.2. The highest BCUT2D eigenvalue weighted by Crippen LogP contribution is 2.37. The molecule has 0 N–H and O–H groups in total. The molecule has 2 atom stereocenters. The van der Waals surface area contributed by atoms with E-state index in [9.17, 15) is 8.42 Å². The first kappa shape index (κ1) is 20.1. The Balaban J connectivity index is 1.64. The first-order valence-electron chi connectivity index (χ1n) is 8.95. The number of thioether (sulfide) groups is 1. The van der Waals surface area contributed by atoms with Crippen LogP contribution in [0.2, 0.25) is 10.0 Å². The maximum absolute atomic E-state index is 12.2. The maximum atomic E-state index is 12.2. The van der Waals surface area contributed by atoms with Crippen molar-refractivity contribution in [2.75, 3.05) is 16.4 Å². The van der Waals surface area contributed by atoms with Gasteiger partial charge in [-0.1, -0.05) is 47.1 Å². The predicted molar refractivity (Wildman–Crippen MR) is 120 cm³/mol. The standard InChI is InChI=1S/C20H20Cl2N2O2S2/c1-12-3-6-16(7-13(12)2)24-19-11-28(25,26)10-18(19)23-20(24)27-9-14-4-5-15(21)8-17(14)22/h3-8,18-19H,9-11H2,1-2H3/t18-,19+/m0/s1. The molecule has 2 heterocycles. The van der Waals surface area contributed by atoms with Gasteiger partial charge in [0.05, 0.1) is 23.6 Å². The van der Waals surface area contributed by atoms with Gasteiger partial charge in [0.25, 0.3) is 0 Å². The summed E-state index contributed by atoms with van der Waals surface area (Å²) in [5.74, 6) is 0.896. The summed E-state index contributed by atoms with van der Waals surface area (Å²) in [5.41, 5.74) is 4.34. The number of hydrogen-bond acceptors (Lipinski definition) is 5. The van der Waals surface area contributed by atoms with Gasteiger partial charge in [-0.05, 0) is 54.8 Å². The summed E-state index contributed by atoms with van der Waals surface area (Å²) in [6, 6.07) is 11.3. The first-order valence-corrected chi connectivity index (χ1v) is 12.5. The largest absolute Gasteiger partial charge is 0.315 e. The van der Waals surface area contributed by atoms with Crippen molar-refractivity contribution in [2.24, 2.45) is 4.99 Å². The molecule has 1 saturated heterocycles. The Morgan fingerprint density at radius 2 is 1.89 bits per heavy atom. The molecule has 1 fully saturated rings. The van der Waals surface area contributed by atoms with E-state index in [1.54, 1.807) is 17.8 Å². The van der Waals surface area contributed by atoms with Crippen LogP contribution in [0.25, 0.3) is 0 Å². The molecular weight excluding hydrogens is 435 g/mol. The third-order valence-electron chi connectivity index (χ3n) is 5.25. The van der Waals surface area contributed by atoms with Crippen LogP contribution in [-0.2, 0) is 15.6 Å². The topological polar surface area (TPSA) is 49.7 Å². The van der Waals surface area contributed by atoms with Gasteiger partial charge in [-0.3, -0.25) is 4.99 Å². The van der Waals surface area contributed by atoms with E-state index < -0.39 is 9.84 Å². The van der Waals surface area contributed by atoms with E-state index in [1.165, 1.54) is 11.1 Å². The summed E-state index contributed by atoms with van der Waals surface area (Å²) in [5, 5.41) is 2.08. The Morgan fingerprint density at radius 3 is 2.61 bits per heavy atom. The summed E-state index contributed by atoms with van der Waals surface area (Å²) in [6.07, 6.45) is 0. The normalized spacial score (nSPS) is 23.0. The van der Waals surface area contributed by atoms with E-state index in [0.29, 0.717) is 15.8 Å². The van der Waals surface area contributed by atoms with E-state index >= 15 is 0 Å². The second kappa shape index (κ2) is 7.56. The number of nitrogens with zero attached hydrogens (tertiary/aromatic N) is 2.